The number of nitrogens with two attached hydrogens (primary N) is 1. The lowest BCUT2D eigenvalue weighted by molar-refractivity contribution is 0.128. The Balaban J connectivity index is 2.02. The predicted octanol–water partition coefficient (Wildman–Crippen LogP) is 1.43. The monoisotopic (exact) mass is 233 g/mol. The normalized spacial score (nSPS) is 25.3. The molecule has 0 aromatic heterocycles. The molecule has 1 aliphatic heterocycles. The molecule has 2 N–H and O–H groups in total. The first-order valence-electron chi connectivity index (χ1n) is 5.94. The first-order chi connectivity index (χ1) is 7.22. The van der Waals surface area contributed by atoms with Crippen LogP contribution in [0.1, 0.15) is 39.0 Å². The molecule has 1 saturated heterocycles. The highest BCUT2D eigenvalue weighted by atomic mass is 32.2. The van der Waals surface area contributed by atoms with Crippen molar-refractivity contribution in [3.8, 4) is 0 Å². The fourth-order valence-electron chi connectivity index (χ4n) is 1.78. The summed E-state index contributed by atoms with van der Waals surface area (Å²) in [5, 5.41) is 0. The Hall–Kier alpha value is 0.0700. The van der Waals surface area contributed by atoms with Crippen LogP contribution < -0.4 is 5.73 Å². The second-order valence-corrected chi connectivity index (χ2v) is 5.88. The van der Waals surface area contributed by atoms with Gasteiger partial charge in [-0.25, -0.2) is 0 Å². The van der Waals surface area contributed by atoms with Crippen LogP contribution in [0.2, 0.25) is 0 Å². The fourth-order valence-corrected chi connectivity index (χ4v) is 3.11. The van der Waals surface area contributed by atoms with Gasteiger partial charge in [-0.05, 0) is 32.1 Å². The van der Waals surface area contributed by atoms with Crippen LogP contribution in [0.5, 0.6) is 0 Å². The van der Waals surface area contributed by atoms with Gasteiger partial charge in [-0.15, -0.1) is 0 Å². The van der Waals surface area contributed by atoms with Gasteiger partial charge in [0, 0.05) is 35.0 Å². The smallest absolute Gasteiger partial charge is 0.0691 e. The Morgan fingerprint density at radius 1 is 1.60 bits per heavy atom. The highest BCUT2D eigenvalue weighted by Gasteiger charge is 2.17. The number of rotatable bonds is 7. The number of hydrogen-bond donors (Lipinski definition) is 1. The first-order valence-corrected chi connectivity index (χ1v) is 7.43. The zero-order valence-electron chi connectivity index (χ0n) is 9.61. The van der Waals surface area contributed by atoms with E-state index >= 15 is 0 Å². The molecule has 0 radical (unpaired) electrons. The van der Waals surface area contributed by atoms with E-state index in [1.165, 1.54) is 0 Å². The molecule has 0 spiro atoms. The molecule has 3 atom stereocenters. The molecule has 0 bridgehead atoms. The van der Waals surface area contributed by atoms with Crippen molar-refractivity contribution in [2.45, 2.75) is 51.2 Å². The molecule has 1 fully saturated rings. The molecule has 0 aliphatic carbocycles. The molecule has 90 valence electrons. The molecule has 0 aromatic rings. The van der Waals surface area contributed by atoms with Gasteiger partial charge in [-0.2, -0.15) is 0 Å². The van der Waals surface area contributed by atoms with Gasteiger partial charge in [0.2, 0.25) is 0 Å². The average Bonchev–Trinajstić information content (AvgIpc) is 2.70. The van der Waals surface area contributed by atoms with E-state index in [-0.39, 0.29) is 12.1 Å². The van der Waals surface area contributed by atoms with Crippen molar-refractivity contribution >= 4 is 10.8 Å². The minimum absolute atomic E-state index is 0.255. The Bertz CT molecular complexity index is 193. The molecule has 1 aliphatic rings. The van der Waals surface area contributed by atoms with Crippen molar-refractivity contribution in [1.29, 1.82) is 0 Å². The van der Waals surface area contributed by atoms with E-state index in [1.54, 1.807) is 0 Å². The van der Waals surface area contributed by atoms with Crippen LogP contribution >= 0.6 is 0 Å². The third-order valence-corrected chi connectivity index (χ3v) is 4.35. The van der Waals surface area contributed by atoms with Gasteiger partial charge in [0.15, 0.2) is 0 Å². The van der Waals surface area contributed by atoms with E-state index in [1.807, 2.05) is 0 Å². The van der Waals surface area contributed by atoms with Crippen LogP contribution in [0.3, 0.4) is 0 Å². The minimum Gasteiger partial charge on any atom is -0.377 e. The third-order valence-electron chi connectivity index (χ3n) is 2.87. The summed E-state index contributed by atoms with van der Waals surface area (Å²) in [4.78, 5) is 0. The topological polar surface area (TPSA) is 52.3 Å². The summed E-state index contributed by atoms with van der Waals surface area (Å²) >= 11 is 0. The van der Waals surface area contributed by atoms with Crippen molar-refractivity contribution < 1.29 is 8.95 Å². The highest BCUT2D eigenvalue weighted by Crippen LogP contribution is 2.13. The van der Waals surface area contributed by atoms with E-state index in [9.17, 15) is 4.21 Å². The van der Waals surface area contributed by atoms with Crippen LogP contribution in [0, 0.1) is 0 Å². The van der Waals surface area contributed by atoms with Crippen molar-refractivity contribution in [3.63, 3.8) is 0 Å². The molecule has 0 amide bonds. The van der Waals surface area contributed by atoms with Crippen molar-refractivity contribution in [2.24, 2.45) is 5.73 Å². The van der Waals surface area contributed by atoms with Gasteiger partial charge in [0.1, 0.15) is 0 Å². The largest absolute Gasteiger partial charge is 0.377 e. The minimum atomic E-state index is -0.709. The number of ether oxygens (including phenoxy) is 1. The number of hydrogen-bond acceptors (Lipinski definition) is 3. The lowest BCUT2D eigenvalue weighted by atomic mass is 10.1. The molecule has 0 aromatic carbocycles. The Morgan fingerprint density at radius 3 is 3.00 bits per heavy atom. The molecule has 15 heavy (non-hydrogen) atoms. The van der Waals surface area contributed by atoms with Gasteiger partial charge in [-0.3, -0.25) is 4.21 Å². The van der Waals surface area contributed by atoms with Crippen molar-refractivity contribution in [1.82, 2.24) is 0 Å². The van der Waals surface area contributed by atoms with Crippen LogP contribution in [-0.2, 0) is 15.5 Å². The Labute approximate surface area is 95.2 Å². The molecule has 4 heteroatoms. The van der Waals surface area contributed by atoms with Crippen molar-refractivity contribution in [3.05, 3.63) is 0 Å². The molecule has 1 heterocycles. The SMILES string of the molecule is CCC(N)CCCS(=O)CC1CCCO1. The summed E-state index contributed by atoms with van der Waals surface area (Å²) in [5.74, 6) is 1.51. The second kappa shape index (κ2) is 7.36. The molecule has 1 rings (SSSR count). The quantitative estimate of drug-likeness (QED) is 0.724. The summed E-state index contributed by atoms with van der Waals surface area (Å²) in [6, 6.07) is 0.282. The van der Waals surface area contributed by atoms with Gasteiger partial charge >= 0.3 is 0 Å². The maximum absolute atomic E-state index is 11.7. The lowest BCUT2D eigenvalue weighted by Crippen LogP contribution is -2.21. The first kappa shape index (κ1) is 13.1. The molecule has 0 saturated carbocycles. The zero-order chi connectivity index (χ0) is 11.1. The van der Waals surface area contributed by atoms with Crippen LogP contribution in [0.25, 0.3) is 0 Å². The molecular weight excluding hydrogens is 210 g/mol. The van der Waals surface area contributed by atoms with E-state index in [0.29, 0.717) is 0 Å². The maximum atomic E-state index is 11.7. The summed E-state index contributed by atoms with van der Waals surface area (Å²) in [6.07, 6.45) is 5.45. The molecule has 3 unspecified atom stereocenters. The van der Waals surface area contributed by atoms with Gasteiger partial charge in [0.05, 0.1) is 6.10 Å². The van der Waals surface area contributed by atoms with E-state index in [0.717, 1.165) is 50.2 Å². The summed E-state index contributed by atoms with van der Waals surface area (Å²) in [5.41, 5.74) is 5.80. The van der Waals surface area contributed by atoms with Crippen molar-refractivity contribution in [2.75, 3.05) is 18.1 Å². The van der Waals surface area contributed by atoms with E-state index < -0.39 is 10.8 Å². The Kier molecular flexibility index (Phi) is 6.45. The molecular formula is C11H23NO2S. The van der Waals surface area contributed by atoms with E-state index in [2.05, 4.69) is 6.92 Å². The van der Waals surface area contributed by atoms with Gasteiger partial charge < -0.3 is 10.5 Å². The standard InChI is InChI=1S/C11H23NO2S/c1-2-10(12)5-4-8-15(13)9-11-6-3-7-14-11/h10-11H,2-9,12H2,1H3. The lowest BCUT2D eigenvalue weighted by Gasteiger charge is -2.10. The van der Waals surface area contributed by atoms with E-state index in [4.69, 9.17) is 10.5 Å². The van der Waals surface area contributed by atoms with Gasteiger partial charge in [0.25, 0.3) is 0 Å². The summed E-state index contributed by atoms with van der Waals surface area (Å²) < 4.78 is 17.1. The predicted molar refractivity (Wildman–Crippen MR) is 64.4 cm³/mol. The molecule has 3 nitrogen and oxygen atoms in total. The van der Waals surface area contributed by atoms with Crippen LogP contribution in [0.15, 0.2) is 0 Å². The Morgan fingerprint density at radius 2 is 2.40 bits per heavy atom. The second-order valence-electron chi connectivity index (χ2n) is 4.26. The van der Waals surface area contributed by atoms with Crippen LogP contribution in [0.4, 0.5) is 0 Å². The average molecular weight is 233 g/mol. The van der Waals surface area contributed by atoms with Gasteiger partial charge in [-0.1, -0.05) is 6.92 Å². The summed E-state index contributed by atoms with van der Waals surface area (Å²) in [7, 11) is -0.709. The maximum Gasteiger partial charge on any atom is 0.0691 e. The van der Waals surface area contributed by atoms with Crippen LogP contribution in [-0.4, -0.2) is 34.5 Å². The fraction of sp³-hybridized carbons (Fsp3) is 1.00. The summed E-state index contributed by atoms with van der Waals surface area (Å²) in [6.45, 7) is 2.94. The third kappa shape index (κ3) is 5.64. The highest BCUT2D eigenvalue weighted by molar-refractivity contribution is 7.85. The zero-order valence-corrected chi connectivity index (χ0v) is 10.4.